The number of hydrogen-bond acceptors (Lipinski definition) is 3. The first-order valence-electron chi connectivity index (χ1n) is 7.74. The zero-order chi connectivity index (χ0) is 16.1. The van der Waals surface area contributed by atoms with E-state index < -0.39 is 0 Å². The zero-order valence-corrected chi connectivity index (χ0v) is 13.6. The highest BCUT2D eigenvalue weighted by atomic mass is 32.2. The first-order chi connectivity index (χ1) is 11.2. The van der Waals surface area contributed by atoms with Gasteiger partial charge in [0.05, 0.1) is 5.75 Å². The summed E-state index contributed by atoms with van der Waals surface area (Å²) >= 11 is 1.20. The maximum atomic E-state index is 13.5. The van der Waals surface area contributed by atoms with Crippen molar-refractivity contribution in [1.29, 1.82) is 0 Å². The van der Waals surface area contributed by atoms with E-state index in [0.717, 1.165) is 18.8 Å². The van der Waals surface area contributed by atoms with E-state index in [1.165, 1.54) is 36.4 Å². The number of thioether (sulfide) groups is 1. The standard InChI is InChI=1S/C18H19FN2OS/c19-16-5-1-2-6-17(16)23-13-18(22)20-14-7-9-15(10-8-14)21-11-3-4-12-21/h1-2,5-10H,3-4,11-13H2,(H,20,22). The maximum Gasteiger partial charge on any atom is 0.234 e. The van der Waals surface area contributed by atoms with E-state index in [1.54, 1.807) is 18.2 Å². The van der Waals surface area contributed by atoms with Crippen LogP contribution in [0.3, 0.4) is 0 Å². The summed E-state index contributed by atoms with van der Waals surface area (Å²) in [6, 6.07) is 14.4. The van der Waals surface area contributed by atoms with Crippen LogP contribution in [0.25, 0.3) is 0 Å². The SMILES string of the molecule is O=C(CSc1ccccc1F)Nc1ccc(N2CCCC2)cc1. The Balaban J connectivity index is 1.52. The molecule has 1 saturated heterocycles. The molecule has 0 saturated carbocycles. The van der Waals surface area contributed by atoms with E-state index in [9.17, 15) is 9.18 Å². The minimum absolute atomic E-state index is 0.132. The van der Waals surface area contributed by atoms with Gasteiger partial charge in [0.25, 0.3) is 0 Å². The molecule has 0 spiro atoms. The molecule has 0 bridgehead atoms. The molecular weight excluding hydrogens is 311 g/mol. The normalized spacial score (nSPS) is 14.0. The van der Waals surface area contributed by atoms with Crippen LogP contribution < -0.4 is 10.2 Å². The topological polar surface area (TPSA) is 32.3 Å². The molecule has 1 amide bonds. The molecule has 3 rings (SSSR count). The van der Waals surface area contributed by atoms with Crippen molar-refractivity contribution in [2.45, 2.75) is 17.7 Å². The molecule has 120 valence electrons. The molecular formula is C18H19FN2OS. The lowest BCUT2D eigenvalue weighted by atomic mass is 10.2. The fraction of sp³-hybridized carbons (Fsp3) is 0.278. The minimum Gasteiger partial charge on any atom is -0.372 e. The third-order valence-corrected chi connectivity index (χ3v) is 4.87. The fourth-order valence-electron chi connectivity index (χ4n) is 2.63. The Kier molecular flexibility index (Phi) is 5.18. The molecule has 1 fully saturated rings. The lowest BCUT2D eigenvalue weighted by Gasteiger charge is -2.17. The van der Waals surface area contributed by atoms with Crippen molar-refractivity contribution in [3.8, 4) is 0 Å². The van der Waals surface area contributed by atoms with E-state index in [4.69, 9.17) is 0 Å². The number of nitrogens with zero attached hydrogens (tertiary/aromatic N) is 1. The van der Waals surface area contributed by atoms with Crippen LogP contribution >= 0.6 is 11.8 Å². The third kappa shape index (κ3) is 4.26. The minimum atomic E-state index is -0.291. The van der Waals surface area contributed by atoms with Gasteiger partial charge < -0.3 is 10.2 Å². The van der Waals surface area contributed by atoms with Crippen molar-refractivity contribution in [1.82, 2.24) is 0 Å². The predicted molar refractivity (Wildman–Crippen MR) is 93.6 cm³/mol. The zero-order valence-electron chi connectivity index (χ0n) is 12.8. The van der Waals surface area contributed by atoms with Crippen molar-refractivity contribution in [3.05, 3.63) is 54.3 Å². The molecule has 5 heteroatoms. The predicted octanol–water partition coefficient (Wildman–Crippen LogP) is 4.16. The first kappa shape index (κ1) is 15.9. The second-order valence-electron chi connectivity index (χ2n) is 5.51. The molecule has 3 nitrogen and oxygen atoms in total. The van der Waals surface area contributed by atoms with Crippen molar-refractivity contribution >= 4 is 29.0 Å². The summed E-state index contributed by atoms with van der Waals surface area (Å²) < 4.78 is 13.5. The van der Waals surface area contributed by atoms with Crippen LogP contribution in [-0.4, -0.2) is 24.7 Å². The van der Waals surface area contributed by atoms with Gasteiger partial charge in [-0.05, 0) is 49.2 Å². The summed E-state index contributed by atoms with van der Waals surface area (Å²) in [4.78, 5) is 14.8. The van der Waals surface area contributed by atoms with Gasteiger partial charge in [0.15, 0.2) is 0 Å². The molecule has 1 aliphatic rings. The van der Waals surface area contributed by atoms with Crippen molar-refractivity contribution in [3.63, 3.8) is 0 Å². The van der Waals surface area contributed by atoms with Crippen LogP contribution in [0.5, 0.6) is 0 Å². The van der Waals surface area contributed by atoms with E-state index in [2.05, 4.69) is 10.2 Å². The van der Waals surface area contributed by atoms with Gasteiger partial charge in [-0.2, -0.15) is 0 Å². The van der Waals surface area contributed by atoms with Gasteiger partial charge in [0.2, 0.25) is 5.91 Å². The van der Waals surface area contributed by atoms with Gasteiger partial charge in [-0.1, -0.05) is 12.1 Å². The molecule has 0 radical (unpaired) electrons. The number of hydrogen-bond donors (Lipinski definition) is 1. The van der Waals surface area contributed by atoms with Gasteiger partial charge in [0.1, 0.15) is 5.82 Å². The average molecular weight is 330 g/mol. The Morgan fingerprint density at radius 3 is 2.48 bits per heavy atom. The van der Waals surface area contributed by atoms with Crippen molar-refractivity contribution < 1.29 is 9.18 Å². The van der Waals surface area contributed by atoms with Gasteiger partial charge in [-0.25, -0.2) is 4.39 Å². The first-order valence-corrected chi connectivity index (χ1v) is 8.73. The summed E-state index contributed by atoms with van der Waals surface area (Å²) in [5.41, 5.74) is 1.97. The molecule has 0 unspecified atom stereocenters. The van der Waals surface area contributed by atoms with Gasteiger partial charge in [-0.3, -0.25) is 4.79 Å². The maximum absolute atomic E-state index is 13.5. The Hall–Kier alpha value is -2.01. The molecule has 23 heavy (non-hydrogen) atoms. The monoisotopic (exact) mass is 330 g/mol. The molecule has 1 N–H and O–H groups in total. The lowest BCUT2D eigenvalue weighted by Crippen LogP contribution is -2.18. The number of amides is 1. The molecule has 1 heterocycles. The summed E-state index contributed by atoms with van der Waals surface area (Å²) in [6.07, 6.45) is 2.48. The Labute approximate surface area is 139 Å². The van der Waals surface area contributed by atoms with Gasteiger partial charge >= 0.3 is 0 Å². The van der Waals surface area contributed by atoms with Crippen LogP contribution in [-0.2, 0) is 4.79 Å². The molecule has 0 aromatic heterocycles. The highest BCUT2D eigenvalue weighted by Crippen LogP contribution is 2.23. The van der Waals surface area contributed by atoms with Crippen LogP contribution in [0, 0.1) is 5.82 Å². The highest BCUT2D eigenvalue weighted by molar-refractivity contribution is 8.00. The Bertz CT molecular complexity index is 669. The quantitative estimate of drug-likeness (QED) is 0.836. The van der Waals surface area contributed by atoms with Crippen LogP contribution in [0.2, 0.25) is 0 Å². The fourth-order valence-corrected chi connectivity index (χ4v) is 3.37. The third-order valence-electron chi connectivity index (χ3n) is 3.82. The number of carbonyl (C=O) groups is 1. The van der Waals surface area contributed by atoms with Crippen molar-refractivity contribution in [2.24, 2.45) is 0 Å². The number of carbonyl (C=O) groups excluding carboxylic acids is 1. The molecule has 0 aliphatic carbocycles. The number of anilines is 2. The van der Waals surface area contributed by atoms with Gasteiger partial charge in [0, 0.05) is 29.4 Å². The van der Waals surface area contributed by atoms with Gasteiger partial charge in [-0.15, -0.1) is 11.8 Å². The Morgan fingerprint density at radius 2 is 1.78 bits per heavy atom. The van der Waals surface area contributed by atoms with Crippen molar-refractivity contribution in [2.75, 3.05) is 29.1 Å². The van der Waals surface area contributed by atoms with E-state index >= 15 is 0 Å². The molecule has 2 aromatic rings. The van der Waals surface area contributed by atoms with E-state index in [1.807, 2.05) is 24.3 Å². The van der Waals surface area contributed by atoms with E-state index in [-0.39, 0.29) is 17.5 Å². The Morgan fingerprint density at radius 1 is 1.09 bits per heavy atom. The molecule has 2 aromatic carbocycles. The average Bonchev–Trinajstić information content (AvgIpc) is 3.09. The summed E-state index contributed by atoms with van der Waals surface area (Å²) in [5, 5.41) is 2.85. The molecule has 0 atom stereocenters. The lowest BCUT2D eigenvalue weighted by molar-refractivity contribution is -0.113. The summed E-state index contributed by atoms with van der Waals surface area (Å²) in [5.74, 6) is -0.234. The summed E-state index contributed by atoms with van der Waals surface area (Å²) in [7, 11) is 0. The second kappa shape index (κ2) is 7.51. The number of nitrogens with one attached hydrogen (secondary N) is 1. The van der Waals surface area contributed by atoms with Crippen LogP contribution in [0.4, 0.5) is 15.8 Å². The van der Waals surface area contributed by atoms with E-state index in [0.29, 0.717) is 4.90 Å². The number of benzene rings is 2. The summed E-state index contributed by atoms with van der Waals surface area (Å²) in [6.45, 7) is 2.20. The largest absolute Gasteiger partial charge is 0.372 e. The smallest absolute Gasteiger partial charge is 0.234 e. The number of halogens is 1. The van der Waals surface area contributed by atoms with Crippen LogP contribution in [0.1, 0.15) is 12.8 Å². The number of rotatable bonds is 5. The van der Waals surface area contributed by atoms with Crippen LogP contribution in [0.15, 0.2) is 53.4 Å². The molecule has 1 aliphatic heterocycles. The highest BCUT2D eigenvalue weighted by Gasteiger charge is 2.12. The second-order valence-corrected chi connectivity index (χ2v) is 6.53.